The highest BCUT2D eigenvalue weighted by Crippen LogP contribution is 2.46. The Balaban J connectivity index is 1.77. The Kier molecular flexibility index (Phi) is 8.24. The highest BCUT2D eigenvalue weighted by atomic mass is 79.9. The Morgan fingerprint density at radius 2 is 1.75 bits per heavy atom. The van der Waals surface area contributed by atoms with Crippen molar-refractivity contribution in [2.75, 3.05) is 33.9 Å². The Morgan fingerprint density at radius 1 is 1.03 bits per heavy atom. The first-order valence-corrected chi connectivity index (χ1v) is 16.9. The predicted molar refractivity (Wildman–Crippen MR) is 134 cm³/mol. The molecule has 0 bridgehead atoms. The van der Waals surface area contributed by atoms with E-state index in [1.807, 2.05) is 0 Å². The van der Waals surface area contributed by atoms with Gasteiger partial charge in [-0.05, 0) is 43.2 Å². The van der Waals surface area contributed by atoms with Crippen molar-refractivity contribution >= 4 is 51.3 Å². The molecule has 3 rings (SSSR count). The molecule has 176 valence electrons. The maximum Gasteiger partial charge on any atom is 0.331 e. The monoisotopic (exact) mass is 544 g/mol. The summed E-state index contributed by atoms with van der Waals surface area (Å²) >= 11 is 3.37. The van der Waals surface area contributed by atoms with Crippen LogP contribution in [-0.4, -0.2) is 41.8 Å². The van der Waals surface area contributed by atoms with Crippen molar-refractivity contribution < 1.29 is 22.3 Å². The lowest BCUT2D eigenvalue weighted by atomic mass is 10.2. The molecule has 0 saturated carbocycles. The van der Waals surface area contributed by atoms with E-state index < -0.39 is 24.1 Å². The van der Waals surface area contributed by atoms with Crippen LogP contribution >= 0.6 is 15.9 Å². The standard InChI is InChI=1S/C22H30BrFN2O4SSi/c1-32(2,3)15-14-29-17-30-18-10-11-20(19(24)16-18)26-22-9-5-4-8-21(22)25(31(26,27)28)13-7-6-12-23/h4-5,8-11,16H,6-7,12-15,17H2,1-3H3. The maximum absolute atomic E-state index is 15.1. The lowest BCUT2D eigenvalue weighted by Gasteiger charge is -2.22. The van der Waals surface area contributed by atoms with E-state index in [0.29, 0.717) is 36.7 Å². The van der Waals surface area contributed by atoms with Crippen molar-refractivity contribution in [3.05, 3.63) is 48.3 Å². The minimum Gasteiger partial charge on any atom is -0.467 e. The lowest BCUT2D eigenvalue weighted by Crippen LogP contribution is -2.36. The molecule has 1 aliphatic rings. The molecule has 0 spiro atoms. The average Bonchev–Trinajstić information content (AvgIpc) is 2.94. The van der Waals surface area contributed by atoms with Crippen molar-refractivity contribution in [3.63, 3.8) is 0 Å². The Bertz CT molecular complexity index is 1030. The molecular weight excluding hydrogens is 515 g/mol. The SMILES string of the molecule is C[Si](C)(C)CCOCOc1ccc(N2c3ccccc3N(CCCCBr)S2(=O)=O)c(F)c1. The third kappa shape index (κ3) is 5.83. The number of halogens is 2. The number of hydrogen-bond acceptors (Lipinski definition) is 4. The number of alkyl halides is 1. The van der Waals surface area contributed by atoms with Crippen molar-refractivity contribution in [3.8, 4) is 5.75 Å². The van der Waals surface area contributed by atoms with Crippen molar-refractivity contribution in [1.29, 1.82) is 0 Å². The molecule has 0 radical (unpaired) electrons. The van der Waals surface area contributed by atoms with E-state index in [9.17, 15) is 8.42 Å². The molecule has 0 atom stereocenters. The molecule has 2 aromatic carbocycles. The Labute approximate surface area is 199 Å². The summed E-state index contributed by atoms with van der Waals surface area (Å²) < 4.78 is 55.1. The summed E-state index contributed by atoms with van der Waals surface area (Å²) in [4.78, 5) is 0. The van der Waals surface area contributed by atoms with Crippen LogP contribution in [0.3, 0.4) is 0 Å². The van der Waals surface area contributed by atoms with Gasteiger partial charge in [0.25, 0.3) is 0 Å². The van der Waals surface area contributed by atoms with Gasteiger partial charge in [-0.15, -0.1) is 0 Å². The fourth-order valence-corrected chi connectivity index (χ4v) is 6.24. The van der Waals surface area contributed by atoms with Gasteiger partial charge in [0.1, 0.15) is 5.75 Å². The molecule has 1 heterocycles. The van der Waals surface area contributed by atoms with Gasteiger partial charge in [0, 0.05) is 32.6 Å². The van der Waals surface area contributed by atoms with Gasteiger partial charge in [0.2, 0.25) is 0 Å². The highest BCUT2D eigenvalue weighted by molar-refractivity contribution is 9.09. The molecular formula is C22H30BrFN2O4SSi. The summed E-state index contributed by atoms with van der Waals surface area (Å²) in [5.41, 5.74) is 0.957. The average molecular weight is 546 g/mol. The van der Waals surface area contributed by atoms with E-state index in [0.717, 1.165) is 22.1 Å². The first-order valence-electron chi connectivity index (χ1n) is 10.6. The van der Waals surface area contributed by atoms with Crippen LogP contribution in [0.5, 0.6) is 5.75 Å². The summed E-state index contributed by atoms with van der Waals surface area (Å²) in [5, 5.41) is 0.796. The second-order valence-electron chi connectivity index (χ2n) is 8.82. The summed E-state index contributed by atoms with van der Waals surface area (Å²) in [7, 11) is -5.13. The third-order valence-electron chi connectivity index (χ3n) is 5.07. The zero-order valence-corrected chi connectivity index (χ0v) is 22.1. The van der Waals surface area contributed by atoms with E-state index in [-0.39, 0.29) is 12.5 Å². The number of benzene rings is 2. The van der Waals surface area contributed by atoms with Gasteiger partial charge >= 0.3 is 10.2 Å². The Morgan fingerprint density at radius 3 is 2.41 bits per heavy atom. The molecule has 10 heteroatoms. The second kappa shape index (κ2) is 10.5. The second-order valence-corrected chi connectivity index (χ2v) is 16.9. The van der Waals surface area contributed by atoms with Crippen LogP contribution in [0.4, 0.5) is 21.5 Å². The van der Waals surface area contributed by atoms with Gasteiger partial charge in [-0.25, -0.2) is 8.70 Å². The fraction of sp³-hybridized carbons (Fsp3) is 0.455. The molecule has 0 fully saturated rings. The normalized spacial score (nSPS) is 15.2. The zero-order chi connectivity index (χ0) is 23.4. The van der Waals surface area contributed by atoms with E-state index in [1.165, 1.54) is 16.4 Å². The topological polar surface area (TPSA) is 59.1 Å². The molecule has 0 N–H and O–H groups in total. The van der Waals surface area contributed by atoms with Crippen LogP contribution in [0.2, 0.25) is 25.7 Å². The number of ether oxygens (including phenoxy) is 2. The highest BCUT2D eigenvalue weighted by Gasteiger charge is 2.41. The number of unbranched alkanes of at least 4 members (excludes halogenated alkanes) is 1. The van der Waals surface area contributed by atoms with Crippen molar-refractivity contribution in [2.24, 2.45) is 0 Å². The number of para-hydroxylation sites is 2. The van der Waals surface area contributed by atoms with E-state index in [2.05, 4.69) is 35.6 Å². The van der Waals surface area contributed by atoms with Gasteiger partial charge in [-0.3, -0.25) is 4.31 Å². The third-order valence-corrected chi connectivity index (χ3v) is 9.12. The van der Waals surface area contributed by atoms with E-state index >= 15 is 4.39 Å². The molecule has 32 heavy (non-hydrogen) atoms. The first kappa shape index (κ1) is 25.0. The van der Waals surface area contributed by atoms with E-state index in [1.54, 1.807) is 30.3 Å². The molecule has 6 nitrogen and oxygen atoms in total. The van der Waals surface area contributed by atoms with Crippen LogP contribution in [0.1, 0.15) is 12.8 Å². The number of fused-ring (bicyclic) bond motifs is 1. The Hall–Kier alpha value is -1.62. The van der Waals surface area contributed by atoms with Crippen LogP contribution < -0.4 is 13.3 Å². The molecule has 0 aliphatic carbocycles. The van der Waals surface area contributed by atoms with Crippen LogP contribution in [0, 0.1) is 5.82 Å². The smallest absolute Gasteiger partial charge is 0.331 e. The minimum atomic E-state index is -3.94. The van der Waals surface area contributed by atoms with Gasteiger partial charge in [0.05, 0.1) is 17.1 Å². The molecule has 0 aromatic heterocycles. The molecule has 0 saturated heterocycles. The van der Waals surface area contributed by atoms with Gasteiger partial charge in [-0.1, -0.05) is 47.7 Å². The summed E-state index contributed by atoms with van der Waals surface area (Å²) in [6.45, 7) is 7.74. The van der Waals surface area contributed by atoms with Gasteiger partial charge < -0.3 is 9.47 Å². The van der Waals surface area contributed by atoms with Crippen LogP contribution in [-0.2, 0) is 14.9 Å². The van der Waals surface area contributed by atoms with Crippen LogP contribution in [0.15, 0.2) is 42.5 Å². The first-order chi connectivity index (χ1) is 15.1. The molecule has 1 aliphatic heterocycles. The molecule has 2 aromatic rings. The van der Waals surface area contributed by atoms with Gasteiger partial charge in [-0.2, -0.15) is 8.42 Å². The quantitative estimate of drug-likeness (QED) is 0.153. The number of rotatable bonds is 11. The largest absolute Gasteiger partial charge is 0.467 e. The number of hydrogen-bond donors (Lipinski definition) is 0. The number of nitrogens with zero attached hydrogens (tertiary/aromatic N) is 2. The van der Waals surface area contributed by atoms with Crippen molar-refractivity contribution in [2.45, 2.75) is 38.5 Å². The van der Waals surface area contributed by atoms with Gasteiger partial charge in [0.15, 0.2) is 12.6 Å². The molecule has 0 unspecified atom stereocenters. The number of anilines is 3. The minimum absolute atomic E-state index is 0.0233. The zero-order valence-electron chi connectivity index (χ0n) is 18.7. The predicted octanol–water partition coefficient (Wildman–Crippen LogP) is 5.89. The summed E-state index contributed by atoms with van der Waals surface area (Å²) in [6.07, 6.45) is 1.54. The lowest BCUT2D eigenvalue weighted by molar-refractivity contribution is 0.0219. The van der Waals surface area contributed by atoms with E-state index in [4.69, 9.17) is 9.47 Å². The van der Waals surface area contributed by atoms with Crippen molar-refractivity contribution in [1.82, 2.24) is 0 Å². The summed E-state index contributed by atoms with van der Waals surface area (Å²) in [6, 6.07) is 12.2. The molecule has 0 amide bonds. The maximum atomic E-state index is 15.1. The van der Waals surface area contributed by atoms with Crippen LogP contribution in [0.25, 0.3) is 0 Å². The fourth-order valence-electron chi connectivity index (χ4n) is 3.32. The summed E-state index contributed by atoms with van der Waals surface area (Å²) in [5.74, 6) is -0.386.